The summed E-state index contributed by atoms with van der Waals surface area (Å²) in [5, 5.41) is 9.31. The zero-order valence-electron chi connectivity index (χ0n) is 8.36. The zero-order chi connectivity index (χ0) is 10.1. The highest BCUT2D eigenvalue weighted by atomic mass is 16.7. The fourth-order valence-electron chi connectivity index (χ4n) is 1.78. The van der Waals surface area contributed by atoms with Crippen LogP contribution in [0.4, 0.5) is 0 Å². The minimum Gasteiger partial charge on any atom is -0.508 e. The molecule has 14 heavy (non-hydrogen) atoms. The molecule has 0 saturated carbocycles. The lowest BCUT2D eigenvalue weighted by Gasteiger charge is -2.29. The number of hydrogen-bond acceptors (Lipinski definition) is 3. The summed E-state index contributed by atoms with van der Waals surface area (Å²) in [4.78, 5) is 0. The molecule has 1 heterocycles. The number of hydrogen-bond donors (Lipinski definition) is 1. The van der Waals surface area contributed by atoms with Gasteiger partial charge in [0.1, 0.15) is 11.5 Å². The molecule has 2 rings (SSSR count). The van der Waals surface area contributed by atoms with E-state index in [2.05, 4.69) is 6.92 Å². The number of benzene rings is 1. The molecule has 1 aliphatic heterocycles. The van der Waals surface area contributed by atoms with Gasteiger partial charge in [0.2, 0.25) is 0 Å². The number of fused-ring (bicyclic) bond motifs is 1. The summed E-state index contributed by atoms with van der Waals surface area (Å²) in [6.45, 7) is 2.13. The van der Waals surface area contributed by atoms with Crippen LogP contribution in [-0.2, 0) is 4.74 Å². The highest BCUT2D eigenvalue weighted by Gasteiger charge is 2.25. The first-order chi connectivity index (χ1) is 6.70. The normalized spacial score (nSPS) is 25.3. The summed E-state index contributed by atoms with van der Waals surface area (Å²) >= 11 is 0. The van der Waals surface area contributed by atoms with Crippen molar-refractivity contribution in [2.45, 2.75) is 25.6 Å². The van der Waals surface area contributed by atoms with Crippen molar-refractivity contribution in [2.24, 2.45) is 0 Å². The number of methoxy groups -OCH3 is 1. The van der Waals surface area contributed by atoms with E-state index in [4.69, 9.17) is 9.47 Å². The zero-order valence-corrected chi connectivity index (χ0v) is 8.36. The Balaban J connectivity index is 2.35. The van der Waals surface area contributed by atoms with E-state index in [1.807, 2.05) is 6.07 Å². The molecular formula is C11H14O3. The molecular weight excluding hydrogens is 180 g/mol. The average Bonchev–Trinajstić information content (AvgIpc) is 2.16. The van der Waals surface area contributed by atoms with Gasteiger partial charge in [-0.3, -0.25) is 0 Å². The van der Waals surface area contributed by atoms with E-state index in [1.165, 1.54) is 0 Å². The van der Waals surface area contributed by atoms with Crippen molar-refractivity contribution in [1.29, 1.82) is 0 Å². The second-order valence-corrected chi connectivity index (χ2v) is 3.64. The van der Waals surface area contributed by atoms with E-state index in [1.54, 1.807) is 19.2 Å². The van der Waals surface area contributed by atoms with Gasteiger partial charge in [-0.05, 0) is 17.5 Å². The predicted octanol–water partition coefficient (Wildman–Crippen LogP) is 2.25. The van der Waals surface area contributed by atoms with Crippen LogP contribution in [0.5, 0.6) is 11.5 Å². The summed E-state index contributed by atoms with van der Waals surface area (Å²) in [6.07, 6.45) is 0.660. The van der Waals surface area contributed by atoms with E-state index in [0.29, 0.717) is 5.92 Å². The monoisotopic (exact) mass is 194 g/mol. The van der Waals surface area contributed by atoms with E-state index < -0.39 is 0 Å². The summed E-state index contributed by atoms with van der Waals surface area (Å²) in [6, 6.07) is 5.23. The molecule has 0 aromatic heterocycles. The summed E-state index contributed by atoms with van der Waals surface area (Å²) in [5.74, 6) is 1.37. The molecule has 0 radical (unpaired) electrons. The van der Waals surface area contributed by atoms with E-state index in [-0.39, 0.29) is 12.0 Å². The van der Waals surface area contributed by atoms with Crippen LogP contribution in [0.25, 0.3) is 0 Å². The first-order valence-corrected chi connectivity index (χ1v) is 4.73. The number of phenolic OH excluding ortho intramolecular Hbond substituents is 1. The highest BCUT2D eigenvalue weighted by Crippen LogP contribution is 2.37. The van der Waals surface area contributed by atoms with Crippen LogP contribution < -0.4 is 4.74 Å². The third-order valence-electron chi connectivity index (χ3n) is 2.60. The van der Waals surface area contributed by atoms with E-state index in [0.717, 1.165) is 17.7 Å². The smallest absolute Gasteiger partial charge is 0.200 e. The first-order valence-electron chi connectivity index (χ1n) is 4.73. The van der Waals surface area contributed by atoms with Crippen molar-refractivity contribution >= 4 is 0 Å². The van der Waals surface area contributed by atoms with Crippen LogP contribution in [0.15, 0.2) is 18.2 Å². The van der Waals surface area contributed by atoms with Gasteiger partial charge in [-0.2, -0.15) is 0 Å². The lowest BCUT2D eigenvalue weighted by Crippen LogP contribution is -2.26. The van der Waals surface area contributed by atoms with Gasteiger partial charge in [-0.1, -0.05) is 13.0 Å². The minimum atomic E-state index is -0.195. The molecule has 1 N–H and O–H groups in total. The lowest BCUT2D eigenvalue weighted by atomic mass is 9.94. The third-order valence-corrected chi connectivity index (χ3v) is 2.60. The summed E-state index contributed by atoms with van der Waals surface area (Å²) < 4.78 is 10.7. The topological polar surface area (TPSA) is 38.7 Å². The second-order valence-electron chi connectivity index (χ2n) is 3.64. The largest absolute Gasteiger partial charge is 0.508 e. The van der Waals surface area contributed by atoms with Gasteiger partial charge >= 0.3 is 0 Å². The molecule has 0 bridgehead atoms. The quantitative estimate of drug-likeness (QED) is 0.745. The Morgan fingerprint density at radius 3 is 3.00 bits per heavy atom. The molecule has 76 valence electrons. The lowest BCUT2D eigenvalue weighted by molar-refractivity contribution is -0.0704. The maximum absolute atomic E-state index is 9.31. The molecule has 0 spiro atoms. The summed E-state index contributed by atoms with van der Waals surface area (Å²) in [7, 11) is 1.63. The van der Waals surface area contributed by atoms with Gasteiger partial charge in [-0.15, -0.1) is 0 Å². The Morgan fingerprint density at radius 1 is 1.50 bits per heavy atom. The van der Waals surface area contributed by atoms with Gasteiger partial charge in [0.25, 0.3) is 0 Å². The van der Waals surface area contributed by atoms with E-state index >= 15 is 0 Å². The van der Waals surface area contributed by atoms with Gasteiger partial charge < -0.3 is 14.6 Å². The number of ether oxygens (including phenoxy) is 2. The number of phenols is 1. The van der Waals surface area contributed by atoms with Crippen LogP contribution in [0.2, 0.25) is 0 Å². The van der Waals surface area contributed by atoms with Crippen molar-refractivity contribution in [3.05, 3.63) is 23.8 Å². The third kappa shape index (κ3) is 1.55. The minimum absolute atomic E-state index is 0.195. The van der Waals surface area contributed by atoms with Crippen molar-refractivity contribution in [1.82, 2.24) is 0 Å². The predicted molar refractivity (Wildman–Crippen MR) is 52.6 cm³/mol. The van der Waals surface area contributed by atoms with Gasteiger partial charge in [0.05, 0.1) is 0 Å². The molecule has 1 aliphatic rings. The Morgan fingerprint density at radius 2 is 2.29 bits per heavy atom. The van der Waals surface area contributed by atoms with Gasteiger partial charge in [-0.25, -0.2) is 0 Å². The molecule has 0 aliphatic carbocycles. The van der Waals surface area contributed by atoms with Crippen LogP contribution in [0.3, 0.4) is 0 Å². The molecule has 1 aromatic carbocycles. The highest BCUT2D eigenvalue weighted by molar-refractivity contribution is 5.43. The number of aromatic hydroxyl groups is 1. The van der Waals surface area contributed by atoms with Crippen molar-refractivity contribution in [3.8, 4) is 11.5 Å². The van der Waals surface area contributed by atoms with E-state index in [9.17, 15) is 5.11 Å². The van der Waals surface area contributed by atoms with Gasteiger partial charge in [0, 0.05) is 19.6 Å². The summed E-state index contributed by atoms with van der Waals surface area (Å²) in [5.41, 5.74) is 1.14. The SMILES string of the molecule is COC1CC(C)c2ccc(O)cc2O1. The molecule has 2 unspecified atom stereocenters. The molecule has 0 saturated heterocycles. The second kappa shape index (κ2) is 3.50. The first kappa shape index (κ1) is 9.34. The molecule has 3 heteroatoms. The Kier molecular flexibility index (Phi) is 2.33. The van der Waals surface area contributed by atoms with Crippen molar-refractivity contribution < 1.29 is 14.6 Å². The van der Waals surface area contributed by atoms with Crippen LogP contribution in [0, 0.1) is 0 Å². The Bertz CT molecular complexity index is 335. The Labute approximate surface area is 83.3 Å². The van der Waals surface area contributed by atoms with Gasteiger partial charge in [0.15, 0.2) is 6.29 Å². The number of rotatable bonds is 1. The molecule has 0 amide bonds. The molecule has 2 atom stereocenters. The van der Waals surface area contributed by atoms with Crippen LogP contribution >= 0.6 is 0 Å². The fourth-order valence-corrected chi connectivity index (χ4v) is 1.78. The average molecular weight is 194 g/mol. The Hall–Kier alpha value is -1.22. The molecule has 0 fully saturated rings. The molecule has 3 nitrogen and oxygen atoms in total. The molecule has 1 aromatic rings. The van der Waals surface area contributed by atoms with Crippen LogP contribution in [-0.4, -0.2) is 18.5 Å². The van der Waals surface area contributed by atoms with Crippen LogP contribution in [0.1, 0.15) is 24.8 Å². The van der Waals surface area contributed by atoms with Crippen molar-refractivity contribution in [3.63, 3.8) is 0 Å². The maximum atomic E-state index is 9.31. The standard InChI is InChI=1S/C11H14O3/c1-7-5-11(13-2)14-10-6-8(12)3-4-9(7)10/h3-4,6-7,11-12H,5H2,1-2H3. The maximum Gasteiger partial charge on any atom is 0.200 e. The van der Waals surface area contributed by atoms with Crippen molar-refractivity contribution in [2.75, 3.05) is 7.11 Å². The fraction of sp³-hybridized carbons (Fsp3) is 0.455.